The summed E-state index contributed by atoms with van der Waals surface area (Å²) in [6.45, 7) is 6.21. The fraction of sp³-hybridized carbons (Fsp3) is 0.294. The summed E-state index contributed by atoms with van der Waals surface area (Å²) >= 11 is 6.09. The maximum Gasteiger partial charge on any atom is 0.124 e. The Morgan fingerprint density at radius 2 is 1.65 bits per heavy atom. The Labute approximate surface area is 124 Å². The van der Waals surface area contributed by atoms with Crippen LogP contribution < -0.4 is 5.32 Å². The molecule has 0 fully saturated rings. The molecule has 0 aliphatic heterocycles. The van der Waals surface area contributed by atoms with Gasteiger partial charge < -0.3 is 5.32 Å². The van der Waals surface area contributed by atoms with Crippen LogP contribution in [0.25, 0.3) is 0 Å². The molecule has 0 amide bonds. The fourth-order valence-electron chi connectivity index (χ4n) is 2.27. The molecule has 0 heterocycles. The van der Waals surface area contributed by atoms with Crippen molar-refractivity contribution in [1.82, 2.24) is 5.32 Å². The van der Waals surface area contributed by atoms with Crippen molar-refractivity contribution in [2.24, 2.45) is 0 Å². The Kier molecular flexibility index (Phi) is 4.79. The van der Waals surface area contributed by atoms with Crippen LogP contribution in [0.15, 0.2) is 42.5 Å². The van der Waals surface area contributed by atoms with Crippen molar-refractivity contribution in [3.05, 3.63) is 70.0 Å². The summed E-state index contributed by atoms with van der Waals surface area (Å²) in [6, 6.07) is 13.2. The zero-order valence-electron chi connectivity index (χ0n) is 12.0. The SMILES string of the molecule is Cc1ccc([C@@H](C)NC(C)c2ccc(F)cc2Cl)cc1. The Hall–Kier alpha value is -1.38. The number of nitrogens with one attached hydrogen (secondary N) is 1. The fourth-order valence-corrected chi connectivity index (χ4v) is 2.60. The molecule has 2 rings (SSSR count). The van der Waals surface area contributed by atoms with Crippen LogP contribution >= 0.6 is 11.6 Å². The summed E-state index contributed by atoms with van der Waals surface area (Å²) < 4.78 is 13.1. The van der Waals surface area contributed by atoms with Gasteiger partial charge in [0.2, 0.25) is 0 Å². The first-order valence-electron chi connectivity index (χ1n) is 6.75. The van der Waals surface area contributed by atoms with E-state index in [1.54, 1.807) is 6.07 Å². The second kappa shape index (κ2) is 6.38. The van der Waals surface area contributed by atoms with Gasteiger partial charge in [-0.2, -0.15) is 0 Å². The molecule has 1 N–H and O–H groups in total. The highest BCUT2D eigenvalue weighted by Crippen LogP contribution is 2.26. The van der Waals surface area contributed by atoms with E-state index in [1.807, 2.05) is 6.92 Å². The quantitative estimate of drug-likeness (QED) is 0.816. The van der Waals surface area contributed by atoms with Crippen LogP contribution in [-0.2, 0) is 0 Å². The van der Waals surface area contributed by atoms with Gasteiger partial charge >= 0.3 is 0 Å². The normalized spacial score (nSPS) is 14.1. The van der Waals surface area contributed by atoms with Gasteiger partial charge in [0.25, 0.3) is 0 Å². The van der Waals surface area contributed by atoms with Crippen LogP contribution in [0, 0.1) is 12.7 Å². The maximum absolute atomic E-state index is 13.1. The molecule has 0 aliphatic rings. The maximum atomic E-state index is 13.1. The van der Waals surface area contributed by atoms with Crippen molar-refractivity contribution in [1.29, 1.82) is 0 Å². The average Bonchev–Trinajstić information content (AvgIpc) is 2.39. The molecule has 0 spiro atoms. The van der Waals surface area contributed by atoms with Crippen LogP contribution in [0.4, 0.5) is 4.39 Å². The smallest absolute Gasteiger partial charge is 0.124 e. The van der Waals surface area contributed by atoms with E-state index in [4.69, 9.17) is 11.6 Å². The molecule has 2 atom stereocenters. The molecule has 0 aromatic heterocycles. The molecular formula is C17H19ClFN. The van der Waals surface area contributed by atoms with Crippen molar-refractivity contribution in [3.63, 3.8) is 0 Å². The number of benzene rings is 2. The van der Waals surface area contributed by atoms with E-state index in [0.717, 1.165) is 5.56 Å². The minimum Gasteiger partial charge on any atom is -0.304 e. The van der Waals surface area contributed by atoms with Crippen molar-refractivity contribution in [2.75, 3.05) is 0 Å². The van der Waals surface area contributed by atoms with Gasteiger partial charge in [0.1, 0.15) is 5.82 Å². The lowest BCUT2D eigenvalue weighted by atomic mass is 10.0. The van der Waals surface area contributed by atoms with E-state index in [0.29, 0.717) is 5.02 Å². The van der Waals surface area contributed by atoms with Gasteiger partial charge in [0.05, 0.1) is 0 Å². The van der Waals surface area contributed by atoms with E-state index in [1.165, 1.54) is 23.3 Å². The Balaban J connectivity index is 2.10. The van der Waals surface area contributed by atoms with Gasteiger partial charge in [0.15, 0.2) is 0 Å². The molecule has 0 aliphatic carbocycles. The first-order chi connectivity index (χ1) is 9.47. The monoisotopic (exact) mass is 291 g/mol. The van der Waals surface area contributed by atoms with Crippen molar-refractivity contribution >= 4 is 11.6 Å². The van der Waals surface area contributed by atoms with E-state index < -0.39 is 0 Å². The summed E-state index contributed by atoms with van der Waals surface area (Å²) in [4.78, 5) is 0. The van der Waals surface area contributed by atoms with E-state index in [2.05, 4.69) is 43.4 Å². The van der Waals surface area contributed by atoms with Crippen molar-refractivity contribution in [3.8, 4) is 0 Å². The first kappa shape index (κ1) is 15.0. The van der Waals surface area contributed by atoms with Crippen LogP contribution in [0.5, 0.6) is 0 Å². The summed E-state index contributed by atoms with van der Waals surface area (Å²) in [5.41, 5.74) is 3.38. The predicted octanol–water partition coefficient (Wildman–Crippen LogP) is 5.20. The molecular weight excluding hydrogens is 273 g/mol. The highest BCUT2D eigenvalue weighted by Gasteiger charge is 2.14. The highest BCUT2D eigenvalue weighted by atomic mass is 35.5. The van der Waals surface area contributed by atoms with Crippen LogP contribution in [0.2, 0.25) is 5.02 Å². The standard InChI is InChI=1S/C17H19ClFN/c1-11-4-6-14(7-5-11)12(2)20-13(3)16-9-8-15(19)10-17(16)18/h4-10,12-13,20H,1-3H3/t12-,13?/m1/s1. The highest BCUT2D eigenvalue weighted by molar-refractivity contribution is 6.31. The molecule has 1 unspecified atom stereocenters. The van der Waals surface area contributed by atoms with Crippen LogP contribution in [-0.4, -0.2) is 0 Å². The van der Waals surface area contributed by atoms with Crippen LogP contribution in [0.1, 0.15) is 42.6 Å². The Morgan fingerprint density at radius 1 is 1.00 bits per heavy atom. The average molecular weight is 292 g/mol. The van der Waals surface area contributed by atoms with Gasteiger partial charge in [-0.3, -0.25) is 0 Å². The number of hydrogen-bond donors (Lipinski definition) is 1. The number of hydrogen-bond acceptors (Lipinski definition) is 1. The largest absolute Gasteiger partial charge is 0.304 e. The third kappa shape index (κ3) is 3.59. The van der Waals surface area contributed by atoms with E-state index in [-0.39, 0.29) is 17.9 Å². The molecule has 20 heavy (non-hydrogen) atoms. The zero-order chi connectivity index (χ0) is 14.7. The van der Waals surface area contributed by atoms with Crippen molar-refractivity contribution in [2.45, 2.75) is 32.9 Å². The number of rotatable bonds is 4. The number of aryl methyl sites for hydroxylation is 1. The predicted molar refractivity (Wildman–Crippen MR) is 82.6 cm³/mol. The molecule has 2 aromatic carbocycles. The lowest BCUT2D eigenvalue weighted by Gasteiger charge is -2.21. The third-order valence-corrected chi connectivity index (χ3v) is 3.83. The van der Waals surface area contributed by atoms with E-state index >= 15 is 0 Å². The van der Waals surface area contributed by atoms with Gasteiger partial charge in [-0.05, 0) is 44.0 Å². The molecule has 0 radical (unpaired) electrons. The summed E-state index contributed by atoms with van der Waals surface area (Å²) in [5.74, 6) is -0.308. The summed E-state index contributed by atoms with van der Waals surface area (Å²) in [6.07, 6.45) is 0. The minimum absolute atomic E-state index is 0.0550. The Morgan fingerprint density at radius 3 is 2.25 bits per heavy atom. The second-order valence-corrected chi connectivity index (χ2v) is 5.59. The Bertz CT molecular complexity index is 580. The molecule has 106 valence electrons. The third-order valence-electron chi connectivity index (χ3n) is 3.51. The first-order valence-corrected chi connectivity index (χ1v) is 7.12. The zero-order valence-corrected chi connectivity index (χ0v) is 12.7. The summed E-state index contributed by atoms with van der Waals surface area (Å²) in [5, 5.41) is 3.94. The van der Waals surface area contributed by atoms with E-state index in [9.17, 15) is 4.39 Å². The van der Waals surface area contributed by atoms with Gasteiger partial charge in [-0.1, -0.05) is 47.5 Å². The molecule has 0 saturated heterocycles. The lowest BCUT2D eigenvalue weighted by molar-refractivity contribution is 0.494. The molecule has 2 aromatic rings. The molecule has 1 nitrogen and oxygen atoms in total. The van der Waals surface area contributed by atoms with Crippen LogP contribution in [0.3, 0.4) is 0 Å². The van der Waals surface area contributed by atoms with Gasteiger partial charge in [-0.15, -0.1) is 0 Å². The topological polar surface area (TPSA) is 12.0 Å². The molecule has 3 heteroatoms. The van der Waals surface area contributed by atoms with Gasteiger partial charge in [0, 0.05) is 17.1 Å². The molecule has 0 bridgehead atoms. The minimum atomic E-state index is -0.308. The summed E-state index contributed by atoms with van der Waals surface area (Å²) in [7, 11) is 0. The van der Waals surface area contributed by atoms with Crippen molar-refractivity contribution < 1.29 is 4.39 Å². The number of halogens is 2. The van der Waals surface area contributed by atoms with Gasteiger partial charge in [-0.25, -0.2) is 4.39 Å². The lowest BCUT2D eigenvalue weighted by Crippen LogP contribution is -2.22. The second-order valence-electron chi connectivity index (χ2n) is 5.19. The molecule has 0 saturated carbocycles.